The number of carbonyl (C=O) groups is 12. The van der Waals surface area contributed by atoms with E-state index in [4.69, 9.17) is 34.4 Å². The summed E-state index contributed by atoms with van der Waals surface area (Å²) in [5.74, 6) is -11.9. The Morgan fingerprint density at radius 1 is 0.566 bits per heavy atom. The van der Waals surface area contributed by atoms with Crippen LogP contribution in [0.25, 0.3) is 0 Å². The van der Waals surface area contributed by atoms with E-state index in [1.165, 1.54) is 11.8 Å². The third-order valence-electron chi connectivity index (χ3n) is 10.7. The van der Waals surface area contributed by atoms with Gasteiger partial charge in [0.25, 0.3) is 0 Å². The molecular weight excluding hydrogens is 1020 g/mol. The molecule has 0 saturated heterocycles. The average Bonchev–Trinajstić information content (AvgIpc) is 3.34. The first-order valence-electron chi connectivity index (χ1n) is 23.8. The van der Waals surface area contributed by atoms with Gasteiger partial charge < -0.3 is 92.5 Å². The molecule has 30 nitrogen and oxygen atoms in total. The van der Waals surface area contributed by atoms with Crippen molar-refractivity contribution in [2.45, 2.75) is 120 Å². The van der Waals surface area contributed by atoms with Crippen LogP contribution in [0.15, 0.2) is 35.3 Å². The van der Waals surface area contributed by atoms with Crippen molar-refractivity contribution in [2.75, 3.05) is 38.3 Å². The Hall–Kier alpha value is -7.64. The number of benzene rings is 1. The van der Waals surface area contributed by atoms with Crippen molar-refractivity contribution in [3.63, 3.8) is 0 Å². The number of hydrogen-bond acceptors (Lipinski definition) is 17. The molecule has 0 saturated carbocycles. The van der Waals surface area contributed by atoms with Crippen molar-refractivity contribution in [1.82, 2.24) is 47.9 Å². The fourth-order valence-corrected chi connectivity index (χ4v) is 7.23. The first-order valence-corrected chi connectivity index (χ1v) is 25.2. The molecule has 0 aliphatic rings. The zero-order valence-electron chi connectivity index (χ0n) is 42.8. The second-order valence-corrected chi connectivity index (χ2v) is 18.7. The molecule has 424 valence electrons. The molecule has 23 N–H and O–H groups in total. The molecule has 0 spiro atoms. The normalized spacial score (nSPS) is 14.4. The van der Waals surface area contributed by atoms with Crippen LogP contribution in [0.4, 0.5) is 0 Å². The molecular formula is C45H74N16O14S. The fourth-order valence-electron chi connectivity index (χ4n) is 6.76. The van der Waals surface area contributed by atoms with Crippen LogP contribution in [-0.2, 0) is 64.0 Å². The highest BCUT2D eigenvalue weighted by atomic mass is 32.2. The van der Waals surface area contributed by atoms with Gasteiger partial charge in [-0.25, -0.2) is 0 Å². The number of thioether (sulfide) groups is 1. The lowest BCUT2D eigenvalue weighted by molar-refractivity contribution is -0.136. The maximum absolute atomic E-state index is 14.0. The molecule has 31 heteroatoms. The highest BCUT2D eigenvalue weighted by Gasteiger charge is 2.34. The number of nitrogens with one attached hydrogen (secondary N) is 9. The van der Waals surface area contributed by atoms with Gasteiger partial charge in [-0.1, -0.05) is 44.2 Å². The summed E-state index contributed by atoms with van der Waals surface area (Å²) in [6.45, 7) is 2.13. The Morgan fingerprint density at radius 2 is 1.04 bits per heavy atom. The molecule has 1 aromatic carbocycles. The Bertz CT molecular complexity index is 2200. The van der Waals surface area contributed by atoms with Crippen molar-refractivity contribution in [3.05, 3.63) is 35.9 Å². The summed E-state index contributed by atoms with van der Waals surface area (Å²) in [5.41, 5.74) is 33.0. The third-order valence-corrected chi connectivity index (χ3v) is 11.4. The monoisotopic (exact) mass is 1090 g/mol. The molecule has 0 unspecified atom stereocenters. The smallest absolute Gasteiger partial charge is 0.245 e. The Balaban J connectivity index is 3.21. The summed E-state index contributed by atoms with van der Waals surface area (Å²) in [6, 6.07) is -5.20. The number of aliphatic hydroxyl groups excluding tert-OH is 2. The lowest BCUT2D eigenvalue weighted by atomic mass is 10.0. The number of aliphatic imine (C=N–C) groups is 1. The Kier molecular flexibility index (Phi) is 30.4. The maximum atomic E-state index is 14.0. The number of rotatable bonds is 36. The number of hydrogen-bond donors (Lipinski definition) is 17. The van der Waals surface area contributed by atoms with Gasteiger partial charge in [-0.05, 0) is 56.1 Å². The summed E-state index contributed by atoms with van der Waals surface area (Å²) in [6.07, 6.45) is 0.473. The third kappa shape index (κ3) is 26.0. The molecule has 0 aromatic heterocycles. The minimum absolute atomic E-state index is 0.00507. The number of carbonyl (C=O) groups excluding carboxylic acids is 12. The van der Waals surface area contributed by atoms with Gasteiger partial charge in [0.2, 0.25) is 70.9 Å². The van der Waals surface area contributed by atoms with Crippen LogP contribution in [0.3, 0.4) is 0 Å². The summed E-state index contributed by atoms with van der Waals surface area (Å²) >= 11 is 1.30. The van der Waals surface area contributed by atoms with E-state index in [0.29, 0.717) is 11.3 Å². The predicted molar refractivity (Wildman–Crippen MR) is 276 cm³/mol. The van der Waals surface area contributed by atoms with E-state index in [1.807, 2.05) is 0 Å². The van der Waals surface area contributed by atoms with Gasteiger partial charge in [-0.2, -0.15) is 11.8 Å². The highest BCUT2D eigenvalue weighted by molar-refractivity contribution is 7.98. The fraction of sp³-hybridized carbons (Fsp3) is 0.578. The minimum atomic E-state index is -1.85. The Morgan fingerprint density at radius 3 is 1.55 bits per heavy atom. The van der Waals surface area contributed by atoms with E-state index in [0.717, 1.165) is 6.92 Å². The SMILES string of the molecule is CSCC[C@H](NC(=O)[C@H](Cc1ccccc1)NC(=O)[C@H](CO)NC(=O)[C@H](CC(N)=O)NC(=O)[C@H](C)NC(=O)[C@H](CC(N)=O)NC(=O)[C@@H](N)CC(C)C)C(=O)NCC(=O)N[C@@H](CO)C(=O)N[C@@H](CCCN=C(N)N)C(N)=O. The predicted octanol–water partition coefficient (Wildman–Crippen LogP) is -8.36. The van der Waals surface area contributed by atoms with Crippen molar-refractivity contribution < 1.29 is 67.7 Å². The summed E-state index contributed by atoms with van der Waals surface area (Å²) in [4.78, 5) is 159. The van der Waals surface area contributed by atoms with Crippen LogP contribution in [0, 0.1) is 5.92 Å². The lowest BCUT2D eigenvalue weighted by Gasteiger charge is -2.26. The first-order chi connectivity index (χ1) is 35.7. The summed E-state index contributed by atoms with van der Waals surface area (Å²) in [5, 5.41) is 41.0. The minimum Gasteiger partial charge on any atom is -0.394 e. The van der Waals surface area contributed by atoms with Crippen LogP contribution in [0.5, 0.6) is 0 Å². The van der Waals surface area contributed by atoms with E-state index in [1.54, 1.807) is 50.4 Å². The van der Waals surface area contributed by atoms with Crippen molar-refractivity contribution in [3.8, 4) is 0 Å². The largest absolute Gasteiger partial charge is 0.394 e. The topological polar surface area (TPSA) is 522 Å². The van der Waals surface area contributed by atoms with E-state index >= 15 is 0 Å². The highest BCUT2D eigenvalue weighted by Crippen LogP contribution is 2.09. The number of aliphatic hydroxyl groups is 2. The Labute approximate surface area is 442 Å². The number of nitrogens with two attached hydrogens (primary N) is 6. The van der Waals surface area contributed by atoms with Gasteiger partial charge in [-0.15, -0.1) is 0 Å². The molecule has 9 atom stereocenters. The van der Waals surface area contributed by atoms with Crippen LogP contribution >= 0.6 is 11.8 Å². The standard InChI is InChI=1S/C45H74N16O14S/c1-22(2)15-25(46)38(69)59-29(17-33(47)64)40(71)54-23(3)37(68)58-30(18-34(48)65)42(73)61-32(21-63)44(75)60-28(16-24-9-6-5-7-10-24)41(72)57-27(12-14-76-4)39(70)53-19-35(66)55-31(20-62)43(74)56-26(36(49)67)11-8-13-52-45(50)51/h5-7,9-10,22-23,25-32,62-63H,8,11-21,46H2,1-4H3,(H2,47,64)(H2,48,65)(H2,49,67)(H,53,70)(H,54,71)(H,55,66)(H,56,74)(H,57,72)(H,58,68)(H,59,69)(H,60,75)(H,61,73)(H4,50,51,52)/t23-,25-,26-,27-,28-,29-,30-,31-,32-/m0/s1. The summed E-state index contributed by atoms with van der Waals surface area (Å²) in [7, 11) is 0. The van der Waals surface area contributed by atoms with Crippen LogP contribution in [0.1, 0.15) is 64.9 Å². The zero-order chi connectivity index (χ0) is 57.7. The molecule has 0 aliphatic heterocycles. The van der Waals surface area contributed by atoms with Crippen LogP contribution < -0.4 is 82.3 Å². The van der Waals surface area contributed by atoms with E-state index in [-0.39, 0.29) is 50.5 Å². The molecule has 1 rings (SSSR count). The zero-order valence-corrected chi connectivity index (χ0v) is 43.6. The summed E-state index contributed by atoms with van der Waals surface area (Å²) < 4.78 is 0. The molecule has 0 bridgehead atoms. The molecule has 1 aromatic rings. The van der Waals surface area contributed by atoms with Crippen molar-refractivity contribution in [2.24, 2.45) is 45.3 Å². The molecule has 0 heterocycles. The number of amides is 12. The molecule has 0 fully saturated rings. The molecule has 12 amide bonds. The van der Waals surface area contributed by atoms with Crippen molar-refractivity contribution >= 4 is 88.6 Å². The van der Waals surface area contributed by atoms with Crippen molar-refractivity contribution in [1.29, 1.82) is 0 Å². The maximum Gasteiger partial charge on any atom is 0.245 e. The average molecular weight is 1100 g/mol. The molecule has 0 aliphatic carbocycles. The number of nitrogens with zero attached hydrogens (tertiary/aromatic N) is 1. The van der Waals surface area contributed by atoms with Gasteiger partial charge in [0.1, 0.15) is 48.3 Å². The van der Waals surface area contributed by atoms with Crippen LogP contribution in [-0.4, -0.2) is 180 Å². The number of primary amides is 3. The van der Waals surface area contributed by atoms with Gasteiger partial charge in [0.15, 0.2) is 5.96 Å². The van der Waals surface area contributed by atoms with Gasteiger partial charge in [0, 0.05) is 13.0 Å². The quantitative estimate of drug-likeness (QED) is 0.0169. The van der Waals surface area contributed by atoms with E-state index in [9.17, 15) is 67.7 Å². The van der Waals surface area contributed by atoms with E-state index in [2.05, 4.69) is 52.8 Å². The lowest BCUT2D eigenvalue weighted by Crippen LogP contribution is -2.61. The molecule has 76 heavy (non-hydrogen) atoms. The number of guanidine groups is 1. The van der Waals surface area contributed by atoms with Crippen LogP contribution in [0.2, 0.25) is 0 Å². The van der Waals surface area contributed by atoms with Gasteiger partial charge in [0.05, 0.1) is 38.6 Å². The van der Waals surface area contributed by atoms with E-state index < -0.39 is 158 Å². The molecule has 0 radical (unpaired) electrons. The van der Waals surface area contributed by atoms with Gasteiger partial charge in [-0.3, -0.25) is 62.5 Å². The second kappa shape index (κ2) is 34.8. The second-order valence-electron chi connectivity index (χ2n) is 17.7. The first kappa shape index (κ1) is 66.4. The van der Waals surface area contributed by atoms with Gasteiger partial charge >= 0.3 is 0 Å².